The summed E-state index contributed by atoms with van der Waals surface area (Å²) in [5.74, 6) is 0.947. The number of methoxy groups -OCH3 is 1. The second-order valence-electron chi connectivity index (χ2n) is 6.10. The van der Waals surface area contributed by atoms with Gasteiger partial charge in [-0.1, -0.05) is 18.9 Å². The monoisotopic (exact) mass is 495 g/mol. The number of benzene rings is 1. The molecule has 3 N–H and O–H groups in total. The quantitative estimate of drug-likeness (QED) is 0.235. The van der Waals surface area contributed by atoms with Crippen LogP contribution in [0, 0.1) is 15.3 Å². The molecule has 0 saturated carbocycles. The Bertz CT molecular complexity index is 594. The van der Waals surface area contributed by atoms with Crippen molar-refractivity contribution in [3.05, 3.63) is 45.2 Å². The minimum absolute atomic E-state index is 0. The van der Waals surface area contributed by atoms with Crippen LogP contribution in [-0.4, -0.2) is 44.0 Å². The predicted molar refractivity (Wildman–Crippen MR) is 117 cm³/mol. The Morgan fingerprint density at radius 2 is 1.85 bits per heavy atom. The molecule has 1 aliphatic heterocycles. The molecule has 154 valence electrons. The van der Waals surface area contributed by atoms with Gasteiger partial charge >= 0.3 is 0 Å². The number of aliphatic hydroxyl groups is 1. The van der Waals surface area contributed by atoms with E-state index in [1.807, 2.05) is 6.07 Å². The number of hydrogen-bond donors (Lipinski definition) is 2. The molecule has 0 atom stereocenters. The van der Waals surface area contributed by atoms with Gasteiger partial charge < -0.3 is 35.4 Å². The molecule has 1 aromatic carbocycles. The highest BCUT2D eigenvalue weighted by atomic mass is 127. The lowest BCUT2D eigenvalue weighted by Crippen LogP contribution is -2.81. The Hall–Kier alpha value is -1.59. The van der Waals surface area contributed by atoms with E-state index in [0.717, 1.165) is 31.7 Å². The first-order valence-corrected chi connectivity index (χ1v) is 8.85. The number of para-hydroxylation sites is 1. The van der Waals surface area contributed by atoms with Crippen LogP contribution in [0.4, 0.5) is 5.69 Å². The van der Waals surface area contributed by atoms with Gasteiger partial charge in [0.1, 0.15) is 11.4 Å². The van der Waals surface area contributed by atoms with Crippen molar-refractivity contribution < 1.29 is 20.2 Å². The second-order valence-corrected chi connectivity index (χ2v) is 6.10. The molecule has 0 fully saturated rings. The number of unbranched alkanes of at least 4 members (excludes halogenated alkanes) is 4. The Balaban J connectivity index is 0.00000123. The van der Waals surface area contributed by atoms with E-state index in [1.54, 1.807) is 7.11 Å². The number of likely N-dealkylation sites (N-methyl/N-ethyl adjacent to an activating group) is 1. The van der Waals surface area contributed by atoms with Crippen molar-refractivity contribution >= 4 is 35.4 Å². The third-order valence-corrected chi connectivity index (χ3v) is 4.22. The van der Waals surface area contributed by atoms with Crippen LogP contribution < -0.4 is 15.0 Å². The van der Waals surface area contributed by atoms with E-state index in [1.165, 1.54) is 36.2 Å². The number of rotatable bonds is 9. The van der Waals surface area contributed by atoms with E-state index in [4.69, 9.17) is 25.2 Å². The number of nitrogens with zero attached hydrogens (tertiary/aromatic N) is 2. The number of quaternary nitrogens is 1. The van der Waals surface area contributed by atoms with Crippen molar-refractivity contribution in [2.75, 3.05) is 38.8 Å². The third-order valence-electron chi connectivity index (χ3n) is 4.22. The number of anilines is 1. The van der Waals surface area contributed by atoms with Crippen LogP contribution >= 0.6 is 24.0 Å². The molecule has 0 spiro atoms. The van der Waals surface area contributed by atoms with Crippen LogP contribution in [-0.2, 0) is 0 Å². The highest BCUT2D eigenvalue weighted by Gasteiger charge is 2.22. The summed E-state index contributed by atoms with van der Waals surface area (Å²) in [6.45, 7) is 2.37. The molecule has 2 rings (SSSR count). The van der Waals surface area contributed by atoms with Gasteiger partial charge in [0.05, 0.1) is 30.0 Å². The maximum absolute atomic E-state index is 8.77. The molecule has 1 heterocycles. The summed E-state index contributed by atoms with van der Waals surface area (Å²) in [5.41, 5.74) is 3.80. The molecule has 0 amide bonds. The zero-order valence-corrected chi connectivity index (χ0v) is 18.3. The lowest BCUT2D eigenvalue weighted by Gasteiger charge is -2.27. The molecule has 0 aromatic heterocycles. The Labute approximate surface area is 177 Å². The summed E-state index contributed by atoms with van der Waals surface area (Å²) in [6.07, 6.45) is 8.07. The zero-order chi connectivity index (χ0) is 19.4. The van der Waals surface area contributed by atoms with Gasteiger partial charge in [0.15, 0.2) is 0 Å². The second kappa shape index (κ2) is 14.5. The molecule has 27 heavy (non-hydrogen) atoms. The summed E-state index contributed by atoms with van der Waals surface area (Å²) >= 11 is 0. The van der Waals surface area contributed by atoms with Crippen LogP contribution in [0.25, 0.3) is 5.70 Å². The van der Waals surface area contributed by atoms with Crippen LogP contribution in [0.5, 0.6) is 5.75 Å². The molecule has 0 unspecified atom stereocenters. The van der Waals surface area contributed by atoms with Gasteiger partial charge in [-0.15, -0.1) is 24.0 Å². The standard InChI is InChI=1S/C18H28N2O2.HI.NO3/c1-20-13-11-16(19-12-6-4-3-5-7-14-21)15-9-8-10-17(22-2)18(15)20;;2-1(3)4/h8-11,19,21H,3-7,12-14H2,1-2H3;1H;/q;;-1/p+1. The summed E-state index contributed by atoms with van der Waals surface area (Å²) in [5, 5.41) is 25.9. The van der Waals surface area contributed by atoms with Crippen molar-refractivity contribution in [3.63, 3.8) is 0 Å². The Kier molecular flexibility index (Phi) is 13.6. The lowest BCUT2D eigenvalue weighted by molar-refractivity contribution is -0.563. The average molecular weight is 495 g/mol. The van der Waals surface area contributed by atoms with E-state index in [9.17, 15) is 0 Å². The minimum Gasteiger partial charge on any atom is -0.495 e. The third kappa shape index (κ3) is 9.25. The van der Waals surface area contributed by atoms with E-state index in [-0.39, 0.29) is 24.0 Å². The van der Waals surface area contributed by atoms with Gasteiger partial charge in [0, 0.05) is 20.2 Å². The first kappa shape index (κ1) is 25.4. The fraction of sp³-hybridized carbons (Fsp3) is 0.556. The van der Waals surface area contributed by atoms with E-state index in [0.29, 0.717) is 6.61 Å². The van der Waals surface area contributed by atoms with Gasteiger partial charge in [-0.2, -0.15) is 0 Å². The summed E-state index contributed by atoms with van der Waals surface area (Å²) in [7, 11) is 3.84. The van der Waals surface area contributed by atoms with E-state index in [2.05, 4.69) is 35.5 Å². The predicted octanol–water partition coefficient (Wildman–Crippen LogP) is 2.37. The molecular weight excluding hydrogens is 465 g/mol. The number of ether oxygens (including phenoxy) is 1. The number of hydrogen-bond acceptors (Lipinski definition) is 6. The van der Waals surface area contributed by atoms with Gasteiger partial charge in [-0.05, 0) is 37.5 Å². The number of fused-ring (bicyclic) bond motifs is 1. The number of halogens is 1. The molecule has 0 saturated heterocycles. The largest absolute Gasteiger partial charge is 0.495 e. The first-order chi connectivity index (χ1) is 12.5. The number of nitrogens with two attached hydrogens (primary N) is 1. The summed E-state index contributed by atoms with van der Waals surface area (Å²) in [6, 6.07) is 6.27. The Morgan fingerprint density at radius 3 is 2.48 bits per heavy atom. The van der Waals surface area contributed by atoms with Crippen LogP contribution in [0.1, 0.15) is 37.7 Å². The van der Waals surface area contributed by atoms with Crippen molar-refractivity contribution in [2.45, 2.75) is 32.1 Å². The SMILES string of the molecule is COc1cccc2c1N(C)CC=C2[NH2+]CCCCCCCO.I.O=[N+]([O-])[O-]. The van der Waals surface area contributed by atoms with Crippen molar-refractivity contribution in [2.24, 2.45) is 0 Å². The smallest absolute Gasteiger partial charge is 0.143 e. The first-order valence-electron chi connectivity index (χ1n) is 8.85. The van der Waals surface area contributed by atoms with Crippen LogP contribution in [0.15, 0.2) is 24.3 Å². The maximum atomic E-state index is 8.77. The van der Waals surface area contributed by atoms with Gasteiger partial charge in [-0.25, -0.2) is 0 Å². The van der Waals surface area contributed by atoms with Crippen molar-refractivity contribution in [1.29, 1.82) is 0 Å². The van der Waals surface area contributed by atoms with E-state index < -0.39 is 5.09 Å². The molecule has 1 aromatic rings. The lowest BCUT2D eigenvalue weighted by atomic mass is 10.0. The molecule has 1 aliphatic rings. The molecule has 8 nitrogen and oxygen atoms in total. The van der Waals surface area contributed by atoms with Crippen LogP contribution in [0.2, 0.25) is 0 Å². The fourth-order valence-electron chi connectivity index (χ4n) is 2.99. The molecular formula is C18H30IN3O5. The fourth-order valence-corrected chi connectivity index (χ4v) is 2.99. The van der Waals surface area contributed by atoms with Crippen molar-refractivity contribution in [1.82, 2.24) is 0 Å². The molecule has 0 aliphatic carbocycles. The topological polar surface area (TPSA) is 116 Å². The number of aliphatic hydroxyl groups excluding tert-OH is 1. The molecule has 0 radical (unpaired) electrons. The maximum Gasteiger partial charge on any atom is 0.143 e. The zero-order valence-electron chi connectivity index (χ0n) is 15.9. The normalized spacial score (nSPS) is 12.1. The Morgan fingerprint density at radius 1 is 1.22 bits per heavy atom. The molecule has 0 bridgehead atoms. The van der Waals surface area contributed by atoms with E-state index >= 15 is 0 Å². The van der Waals surface area contributed by atoms with Gasteiger partial charge in [-0.3, -0.25) is 0 Å². The average Bonchev–Trinajstić information content (AvgIpc) is 2.61. The summed E-state index contributed by atoms with van der Waals surface area (Å²) in [4.78, 5) is 10.5. The van der Waals surface area contributed by atoms with Gasteiger partial charge in [0.25, 0.3) is 0 Å². The minimum atomic E-state index is -1.75. The van der Waals surface area contributed by atoms with Crippen LogP contribution in [0.3, 0.4) is 0 Å². The highest BCUT2D eigenvalue weighted by Crippen LogP contribution is 2.35. The van der Waals surface area contributed by atoms with Crippen molar-refractivity contribution in [3.8, 4) is 5.75 Å². The summed E-state index contributed by atoms with van der Waals surface area (Å²) < 4.78 is 5.51. The highest BCUT2D eigenvalue weighted by molar-refractivity contribution is 14.0. The van der Waals surface area contributed by atoms with Gasteiger partial charge in [0.2, 0.25) is 0 Å². The molecule has 9 heteroatoms.